The van der Waals surface area contributed by atoms with Crippen molar-refractivity contribution in [3.63, 3.8) is 0 Å². The van der Waals surface area contributed by atoms with E-state index in [4.69, 9.17) is 5.26 Å². The fraction of sp³-hybridized carbons (Fsp3) is 0.600. The van der Waals surface area contributed by atoms with Crippen molar-refractivity contribution in [3.8, 4) is 6.07 Å². The van der Waals surface area contributed by atoms with Crippen LogP contribution in [-0.2, 0) is 28.4 Å². The second kappa shape index (κ2) is 5.41. The zero-order chi connectivity index (χ0) is 12.2. The van der Waals surface area contributed by atoms with Gasteiger partial charge in [0.25, 0.3) is 0 Å². The van der Waals surface area contributed by atoms with Gasteiger partial charge in [-0.25, -0.2) is 13.4 Å². The second-order valence-corrected chi connectivity index (χ2v) is 6.86. The molecule has 0 aliphatic heterocycles. The molecule has 4 nitrogen and oxygen atoms in total. The molecule has 0 bridgehead atoms. The molecule has 16 heavy (non-hydrogen) atoms. The Morgan fingerprint density at radius 1 is 1.44 bits per heavy atom. The van der Waals surface area contributed by atoms with Crippen LogP contribution in [0.15, 0.2) is 0 Å². The van der Waals surface area contributed by atoms with Gasteiger partial charge in [-0.3, -0.25) is 0 Å². The van der Waals surface area contributed by atoms with Crippen LogP contribution in [0.5, 0.6) is 0 Å². The van der Waals surface area contributed by atoms with Crippen LogP contribution in [0.1, 0.15) is 29.4 Å². The summed E-state index contributed by atoms with van der Waals surface area (Å²) in [7, 11) is -3.03. The van der Waals surface area contributed by atoms with E-state index in [9.17, 15) is 8.42 Å². The molecular formula is C10H14N2O2S2. The number of nitriles is 1. The smallest absolute Gasteiger partial charge is 0.156 e. The van der Waals surface area contributed by atoms with Gasteiger partial charge in [0, 0.05) is 10.6 Å². The number of nitrogens with zero attached hydrogens (tertiary/aromatic N) is 2. The molecule has 1 aromatic heterocycles. The maximum absolute atomic E-state index is 11.4. The van der Waals surface area contributed by atoms with Crippen LogP contribution >= 0.6 is 11.3 Å². The average molecular weight is 258 g/mol. The summed E-state index contributed by atoms with van der Waals surface area (Å²) in [6.45, 7) is 3.58. The van der Waals surface area contributed by atoms with Crippen LogP contribution < -0.4 is 0 Å². The second-order valence-electron chi connectivity index (χ2n) is 3.34. The van der Waals surface area contributed by atoms with E-state index in [1.165, 1.54) is 11.3 Å². The summed E-state index contributed by atoms with van der Waals surface area (Å²) < 4.78 is 22.9. The highest BCUT2D eigenvalue weighted by Crippen LogP contribution is 2.21. The molecule has 0 spiro atoms. The summed E-state index contributed by atoms with van der Waals surface area (Å²) in [5.41, 5.74) is 0.854. The molecule has 1 heterocycles. The largest absolute Gasteiger partial charge is 0.245 e. The molecule has 0 N–H and O–H groups in total. The first kappa shape index (κ1) is 13.1. The zero-order valence-electron chi connectivity index (χ0n) is 9.36. The van der Waals surface area contributed by atoms with Crippen LogP contribution in [0.2, 0.25) is 0 Å². The normalized spacial score (nSPS) is 11.3. The Morgan fingerprint density at radius 3 is 2.62 bits per heavy atom. The summed E-state index contributed by atoms with van der Waals surface area (Å²) in [5, 5.41) is 9.24. The minimum atomic E-state index is -3.03. The van der Waals surface area contributed by atoms with Crippen molar-refractivity contribution >= 4 is 21.2 Å². The SMILES string of the molecule is CCc1nc(CS(=O)(=O)CC)sc1CC#N. The first-order valence-corrected chi connectivity index (χ1v) is 7.71. The van der Waals surface area contributed by atoms with Gasteiger partial charge in [0.1, 0.15) is 10.8 Å². The topological polar surface area (TPSA) is 70.8 Å². The Kier molecular flexibility index (Phi) is 4.44. The predicted octanol–water partition coefficient (Wildman–Crippen LogP) is 1.71. The molecule has 0 saturated carbocycles. The number of rotatable bonds is 5. The van der Waals surface area contributed by atoms with Crippen LogP contribution in [0, 0.1) is 11.3 Å². The maximum atomic E-state index is 11.4. The Balaban J connectivity index is 2.96. The van der Waals surface area contributed by atoms with Gasteiger partial charge in [-0.15, -0.1) is 11.3 Å². The number of thiazole rings is 1. The molecule has 0 amide bonds. The lowest BCUT2D eigenvalue weighted by Crippen LogP contribution is -2.06. The lowest BCUT2D eigenvalue weighted by Gasteiger charge is -1.95. The highest BCUT2D eigenvalue weighted by molar-refractivity contribution is 7.90. The predicted molar refractivity (Wildman–Crippen MR) is 64.0 cm³/mol. The number of aryl methyl sites for hydroxylation is 1. The number of sulfone groups is 1. The van der Waals surface area contributed by atoms with Gasteiger partial charge in [-0.2, -0.15) is 5.26 Å². The molecule has 0 atom stereocenters. The third-order valence-corrected chi connectivity index (χ3v) is 5.05. The fourth-order valence-electron chi connectivity index (χ4n) is 1.27. The number of hydrogen-bond acceptors (Lipinski definition) is 5. The molecular weight excluding hydrogens is 244 g/mol. The lowest BCUT2D eigenvalue weighted by molar-refractivity contribution is 0.596. The standard InChI is InChI=1S/C10H14N2O2S2/c1-3-8-9(5-6-11)15-10(12-8)7-16(13,14)4-2/h3-5,7H2,1-2H3. The molecule has 0 radical (unpaired) electrons. The average Bonchev–Trinajstić information content (AvgIpc) is 2.60. The van der Waals surface area contributed by atoms with Gasteiger partial charge in [0.05, 0.1) is 18.2 Å². The van der Waals surface area contributed by atoms with Gasteiger partial charge >= 0.3 is 0 Å². The van der Waals surface area contributed by atoms with Gasteiger partial charge in [-0.05, 0) is 6.42 Å². The van der Waals surface area contributed by atoms with Crippen LogP contribution in [0.4, 0.5) is 0 Å². The Morgan fingerprint density at radius 2 is 2.12 bits per heavy atom. The molecule has 88 valence electrons. The summed E-state index contributed by atoms with van der Waals surface area (Å²) >= 11 is 1.34. The van der Waals surface area contributed by atoms with Crippen LogP contribution in [0.3, 0.4) is 0 Å². The Bertz CT molecular complexity index is 497. The van der Waals surface area contributed by atoms with Gasteiger partial charge in [0.2, 0.25) is 0 Å². The Labute approximate surface area is 99.9 Å². The van der Waals surface area contributed by atoms with Crippen molar-refractivity contribution in [2.75, 3.05) is 5.75 Å². The van der Waals surface area contributed by atoms with E-state index in [-0.39, 0.29) is 11.5 Å². The lowest BCUT2D eigenvalue weighted by atomic mass is 10.2. The number of aromatic nitrogens is 1. The van der Waals surface area contributed by atoms with Gasteiger partial charge in [-0.1, -0.05) is 13.8 Å². The van der Waals surface area contributed by atoms with E-state index in [1.807, 2.05) is 6.92 Å². The molecule has 0 unspecified atom stereocenters. The molecule has 0 aliphatic carbocycles. The van der Waals surface area contributed by atoms with Gasteiger partial charge < -0.3 is 0 Å². The molecule has 0 aromatic carbocycles. The van der Waals surface area contributed by atoms with Crippen molar-refractivity contribution in [1.82, 2.24) is 4.98 Å². The fourth-order valence-corrected chi connectivity index (χ4v) is 3.58. The maximum Gasteiger partial charge on any atom is 0.156 e. The monoisotopic (exact) mass is 258 g/mol. The van der Waals surface area contributed by atoms with Crippen molar-refractivity contribution in [2.45, 2.75) is 32.4 Å². The van der Waals surface area contributed by atoms with E-state index in [1.54, 1.807) is 6.92 Å². The van der Waals surface area contributed by atoms with E-state index in [2.05, 4.69) is 11.1 Å². The minimum Gasteiger partial charge on any atom is -0.245 e. The quantitative estimate of drug-likeness (QED) is 0.806. The molecule has 1 aromatic rings. The molecule has 0 saturated heterocycles. The summed E-state index contributed by atoms with van der Waals surface area (Å²) in [5.74, 6) is 0.119. The van der Waals surface area contributed by atoms with E-state index in [0.717, 1.165) is 17.0 Å². The van der Waals surface area contributed by atoms with E-state index in [0.29, 0.717) is 11.4 Å². The van der Waals surface area contributed by atoms with Crippen molar-refractivity contribution in [2.24, 2.45) is 0 Å². The Hall–Kier alpha value is -0.930. The first-order chi connectivity index (χ1) is 7.52. The molecule has 1 rings (SSSR count). The van der Waals surface area contributed by atoms with E-state index < -0.39 is 9.84 Å². The third-order valence-electron chi connectivity index (χ3n) is 2.18. The van der Waals surface area contributed by atoms with E-state index >= 15 is 0 Å². The van der Waals surface area contributed by atoms with Crippen molar-refractivity contribution in [1.29, 1.82) is 5.26 Å². The van der Waals surface area contributed by atoms with Gasteiger partial charge in [0.15, 0.2) is 9.84 Å². The summed E-state index contributed by atoms with van der Waals surface area (Å²) in [4.78, 5) is 5.16. The first-order valence-electron chi connectivity index (χ1n) is 5.07. The molecule has 0 aliphatic rings. The summed E-state index contributed by atoms with van der Waals surface area (Å²) in [6, 6.07) is 2.07. The molecule has 6 heteroatoms. The number of hydrogen-bond donors (Lipinski definition) is 0. The zero-order valence-corrected chi connectivity index (χ0v) is 11.0. The molecule has 0 fully saturated rings. The van der Waals surface area contributed by atoms with Crippen molar-refractivity contribution in [3.05, 3.63) is 15.6 Å². The van der Waals surface area contributed by atoms with Crippen molar-refractivity contribution < 1.29 is 8.42 Å². The highest BCUT2D eigenvalue weighted by Gasteiger charge is 2.15. The third kappa shape index (κ3) is 3.29. The van der Waals surface area contributed by atoms with Crippen LogP contribution in [0.25, 0.3) is 0 Å². The minimum absolute atomic E-state index is 0.00735. The van der Waals surface area contributed by atoms with Crippen LogP contribution in [-0.4, -0.2) is 19.2 Å². The summed E-state index contributed by atoms with van der Waals surface area (Å²) in [6.07, 6.45) is 1.05. The highest BCUT2D eigenvalue weighted by atomic mass is 32.2.